The number of ether oxygens (including phenoxy) is 1. The number of pyridine rings is 1. The van der Waals surface area contributed by atoms with Gasteiger partial charge in [-0.3, -0.25) is 4.79 Å². The molecule has 0 spiro atoms. The highest BCUT2D eigenvalue weighted by Gasteiger charge is 2.34. The van der Waals surface area contributed by atoms with Crippen molar-refractivity contribution in [1.29, 1.82) is 0 Å². The predicted octanol–water partition coefficient (Wildman–Crippen LogP) is 1.26. The van der Waals surface area contributed by atoms with Crippen LogP contribution in [-0.4, -0.2) is 51.0 Å². The van der Waals surface area contributed by atoms with Gasteiger partial charge in [-0.05, 0) is 18.9 Å². The molecule has 0 aromatic carbocycles. The van der Waals surface area contributed by atoms with Gasteiger partial charge in [0.25, 0.3) is 5.91 Å². The van der Waals surface area contributed by atoms with Crippen molar-refractivity contribution in [3.63, 3.8) is 0 Å². The van der Waals surface area contributed by atoms with Gasteiger partial charge in [0.2, 0.25) is 5.88 Å². The van der Waals surface area contributed by atoms with Crippen molar-refractivity contribution in [3.8, 4) is 5.88 Å². The number of rotatable bonds is 4. The van der Waals surface area contributed by atoms with Gasteiger partial charge in [-0.1, -0.05) is 5.21 Å². The lowest BCUT2D eigenvalue weighted by atomic mass is 10.1. The molecular weight excluding hydrogens is 282 g/mol. The Morgan fingerprint density at radius 3 is 2.77 bits per heavy atom. The first-order valence-corrected chi connectivity index (χ1v) is 7.45. The van der Waals surface area contributed by atoms with Gasteiger partial charge in [0.1, 0.15) is 0 Å². The van der Waals surface area contributed by atoms with E-state index in [1.54, 1.807) is 30.3 Å². The molecule has 0 unspecified atom stereocenters. The van der Waals surface area contributed by atoms with Crippen molar-refractivity contribution in [2.45, 2.75) is 24.8 Å². The van der Waals surface area contributed by atoms with Crippen LogP contribution >= 0.6 is 0 Å². The number of carbonyl (C=O) groups excluding carboxylic acids is 1. The van der Waals surface area contributed by atoms with E-state index >= 15 is 0 Å². The lowest BCUT2D eigenvalue weighted by Gasteiger charge is -2.38. The molecule has 1 saturated carbocycles. The van der Waals surface area contributed by atoms with Gasteiger partial charge < -0.3 is 9.64 Å². The third-order valence-electron chi connectivity index (χ3n) is 4.24. The minimum absolute atomic E-state index is 0.00562. The molecule has 1 amide bonds. The number of nitrogens with zero attached hydrogens (tertiary/aromatic N) is 5. The van der Waals surface area contributed by atoms with Gasteiger partial charge in [-0.2, -0.15) is 0 Å². The molecule has 4 rings (SSSR count). The van der Waals surface area contributed by atoms with Gasteiger partial charge in [0.15, 0.2) is 0 Å². The van der Waals surface area contributed by atoms with Gasteiger partial charge in [0, 0.05) is 37.5 Å². The fourth-order valence-electron chi connectivity index (χ4n) is 2.63. The second-order valence-corrected chi connectivity index (χ2v) is 5.85. The van der Waals surface area contributed by atoms with Crippen LogP contribution in [0.15, 0.2) is 24.5 Å². The molecule has 22 heavy (non-hydrogen) atoms. The number of hydrogen-bond donors (Lipinski definition) is 0. The van der Waals surface area contributed by atoms with Gasteiger partial charge in [-0.15, -0.1) is 5.10 Å². The Balaban J connectivity index is 1.38. The summed E-state index contributed by atoms with van der Waals surface area (Å²) in [4.78, 5) is 18.2. The molecule has 7 heteroatoms. The Bertz CT molecular complexity index is 686. The Morgan fingerprint density at radius 2 is 2.14 bits per heavy atom. The molecule has 1 saturated heterocycles. The first kappa shape index (κ1) is 13.2. The molecule has 0 N–H and O–H groups in total. The van der Waals surface area contributed by atoms with Crippen LogP contribution in [0.3, 0.4) is 0 Å². The third-order valence-corrected chi connectivity index (χ3v) is 4.24. The quantitative estimate of drug-likeness (QED) is 0.849. The minimum Gasteiger partial charge on any atom is -0.481 e. The third kappa shape index (κ3) is 2.32. The summed E-state index contributed by atoms with van der Waals surface area (Å²) in [5, 5.41) is 8.40. The normalized spacial score (nSPS) is 18.1. The topological polar surface area (TPSA) is 73.1 Å². The zero-order chi connectivity index (χ0) is 15.1. The maximum atomic E-state index is 12.3. The largest absolute Gasteiger partial charge is 0.481 e. The molecule has 2 fully saturated rings. The van der Waals surface area contributed by atoms with Crippen LogP contribution in [0.1, 0.15) is 40.9 Å². The summed E-state index contributed by atoms with van der Waals surface area (Å²) in [5.74, 6) is 1.11. The average Bonchev–Trinajstić information content (AvgIpc) is 3.25. The summed E-state index contributed by atoms with van der Waals surface area (Å²) >= 11 is 0. The van der Waals surface area contributed by atoms with Crippen molar-refractivity contribution in [1.82, 2.24) is 24.9 Å². The van der Waals surface area contributed by atoms with Crippen LogP contribution in [0.25, 0.3) is 0 Å². The van der Waals surface area contributed by atoms with E-state index in [9.17, 15) is 4.79 Å². The van der Waals surface area contributed by atoms with Crippen LogP contribution in [0.2, 0.25) is 0 Å². The molecular formula is C15H17N5O2. The molecule has 3 heterocycles. The fraction of sp³-hybridized carbons (Fsp3) is 0.467. The van der Waals surface area contributed by atoms with E-state index in [0.717, 1.165) is 5.69 Å². The summed E-state index contributed by atoms with van der Waals surface area (Å²) in [6, 6.07) is 3.67. The standard InChI is InChI=1S/C15H17N5O2/c1-22-14-5-4-11(6-16-14)15(21)19-7-12(8-19)20-9-13(17-18-20)10-2-3-10/h4-6,9-10,12H,2-3,7-8H2,1H3. The Kier molecular flexibility index (Phi) is 3.06. The van der Waals surface area contributed by atoms with Crippen LogP contribution in [-0.2, 0) is 0 Å². The minimum atomic E-state index is -0.00562. The Hall–Kier alpha value is -2.44. The average molecular weight is 299 g/mol. The zero-order valence-electron chi connectivity index (χ0n) is 12.3. The van der Waals surface area contributed by atoms with Crippen molar-refractivity contribution in [2.24, 2.45) is 0 Å². The summed E-state index contributed by atoms with van der Waals surface area (Å²) in [7, 11) is 1.55. The summed E-state index contributed by atoms with van der Waals surface area (Å²) in [5.41, 5.74) is 1.67. The van der Waals surface area contributed by atoms with Crippen molar-refractivity contribution >= 4 is 5.91 Å². The fourth-order valence-corrected chi connectivity index (χ4v) is 2.63. The van der Waals surface area contributed by atoms with Crippen LogP contribution < -0.4 is 4.74 Å². The smallest absolute Gasteiger partial charge is 0.255 e. The van der Waals surface area contributed by atoms with E-state index in [2.05, 4.69) is 15.3 Å². The van der Waals surface area contributed by atoms with Crippen LogP contribution in [0, 0.1) is 0 Å². The highest BCUT2D eigenvalue weighted by Crippen LogP contribution is 2.39. The first-order chi connectivity index (χ1) is 10.7. The lowest BCUT2D eigenvalue weighted by Crippen LogP contribution is -2.50. The number of hydrogen-bond acceptors (Lipinski definition) is 5. The Labute approximate surface area is 127 Å². The molecule has 1 aliphatic carbocycles. The maximum Gasteiger partial charge on any atom is 0.255 e. The number of aromatic nitrogens is 4. The van der Waals surface area contributed by atoms with Crippen molar-refractivity contribution in [3.05, 3.63) is 35.8 Å². The second kappa shape index (κ2) is 5.08. The summed E-state index contributed by atoms with van der Waals surface area (Å²) < 4.78 is 6.89. The molecule has 7 nitrogen and oxygen atoms in total. The van der Waals surface area contributed by atoms with E-state index in [0.29, 0.717) is 30.5 Å². The number of methoxy groups -OCH3 is 1. The summed E-state index contributed by atoms with van der Waals surface area (Å²) in [6.45, 7) is 1.33. The highest BCUT2D eigenvalue weighted by atomic mass is 16.5. The van der Waals surface area contributed by atoms with Crippen molar-refractivity contribution < 1.29 is 9.53 Å². The molecule has 1 aliphatic heterocycles. The van der Waals surface area contributed by atoms with E-state index < -0.39 is 0 Å². The van der Waals surface area contributed by atoms with E-state index in [1.165, 1.54) is 12.8 Å². The predicted molar refractivity (Wildman–Crippen MR) is 77.7 cm³/mol. The Morgan fingerprint density at radius 1 is 1.32 bits per heavy atom. The molecule has 2 aliphatic rings. The molecule has 0 radical (unpaired) electrons. The number of carbonyl (C=O) groups is 1. The molecule has 0 atom stereocenters. The molecule has 0 bridgehead atoms. The van der Waals surface area contributed by atoms with Gasteiger partial charge >= 0.3 is 0 Å². The van der Waals surface area contributed by atoms with Crippen LogP contribution in [0.5, 0.6) is 5.88 Å². The molecule has 114 valence electrons. The second-order valence-electron chi connectivity index (χ2n) is 5.85. The maximum absolute atomic E-state index is 12.3. The van der Waals surface area contributed by atoms with Crippen LogP contribution in [0.4, 0.5) is 0 Å². The molecule has 2 aromatic rings. The summed E-state index contributed by atoms with van der Waals surface area (Å²) in [6.07, 6.45) is 6.02. The lowest BCUT2D eigenvalue weighted by molar-refractivity contribution is 0.0498. The van der Waals surface area contributed by atoms with Gasteiger partial charge in [0.05, 0.1) is 24.4 Å². The van der Waals surface area contributed by atoms with E-state index in [1.807, 2.05) is 10.9 Å². The first-order valence-electron chi connectivity index (χ1n) is 7.45. The van der Waals surface area contributed by atoms with Gasteiger partial charge in [-0.25, -0.2) is 9.67 Å². The SMILES string of the molecule is COc1ccc(C(=O)N2CC(n3cc(C4CC4)nn3)C2)cn1. The monoisotopic (exact) mass is 299 g/mol. The zero-order valence-corrected chi connectivity index (χ0v) is 12.3. The highest BCUT2D eigenvalue weighted by molar-refractivity contribution is 5.94. The van der Waals surface area contributed by atoms with E-state index in [4.69, 9.17) is 4.74 Å². The van der Waals surface area contributed by atoms with Crippen molar-refractivity contribution in [2.75, 3.05) is 20.2 Å². The number of amides is 1. The molecule has 2 aromatic heterocycles. The van der Waals surface area contributed by atoms with E-state index in [-0.39, 0.29) is 11.9 Å². The number of likely N-dealkylation sites (tertiary alicyclic amines) is 1.